The Hall–Kier alpha value is -1.09. The van der Waals surface area contributed by atoms with Crippen molar-refractivity contribution < 1.29 is 0 Å². The van der Waals surface area contributed by atoms with Gasteiger partial charge in [0.05, 0.1) is 0 Å². The lowest BCUT2D eigenvalue weighted by molar-refractivity contribution is 0.149. The molecular weight excluding hydrogens is 234 g/mol. The van der Waals surface area contributed by atoms with Gasteiger partial charge in [0, 0.05) is 18.8 Å². The minimum Gasteiger partial charge on any atom is -0.370 e. The number of anilines is 1. The first-order valence-corrected chi connectivity index (χ1v) is 7.79. The van der Waals surface area contributed by atoms with Crippen molar-refractivity contribution in [2.24, 2.45) is 0 Å². The molecule has 1 aliphatic rings. The van der Waals surface area contributed by atoms with Crippen LogP contribution in [0.2, 0.25) is 0 Å². The van der Waals surface area contributed by atoms with E-state index in [4.69, 9.17) is 0 Å². The molecule has 0 spiro atoms. The van der Waals surface area contributed by atoms with Crippen LogP contribution in [-0.2, 0) is 0 Å². The second kappa shape index (κ2) is 7.49. The molecule has 1 fully saturated rings. The number of aromatic nitrogens is 1. The molecule has 1 N–H and O–H groups in total. The van der Waals surface area contributed by atoms with Gasteiger partial charge in [-0.1, -0.05) is 26.3 Å². The highest BCUT2D eigenvalue weighted by atomic mass is 15.2. The van der Waals surface area contributed by atoms with Crippen LogP contribution in [0.25, 0.3) is 0 Å². The summed E-state index contributed by atoms with van der Waals surface area (Å²) in [4.78, 5) is 7.17. The van der Waals surface area contributed by atoms with Crippen molar-refractivity contribution in [2.75, 3.05) is 25.0 Å². The maximum Gasteiger partial charge on any atom is 0.125 e. The maximum absolute atomic E-state index is 4.55. The molecule has 0 amide bonds. The zero-order valence-corrected chi connectivity index (χ0v) is 12.4. The summed E-state index contributed by atoms with van der Waals surface area (Å²) in [5.41, 5.74) is 1.38. The van der Waals surface area contributed by atoms with Gasteiger partial charge in [-0.3, -0.25) is 4.90 Å². The SMILES string of the molecule is CCCNc1ccc([C@@H]2CCCCN2CCC)cn1. The van der Waals surface area contributed by atoms with E-state index in [2.05, 4.69) is 47.4 Å². The molecule has 1 aromatic rings. The number of likely N-dealkylation sites (tertiary alicyclic amines) is 1. The molecule has 1 aromatic heterocycles. The topological polar surface area (TPSA) is 28.2 Å². The lowest BCUT2D eigenvalue weighted by Gasteiger charge is -2.35. The molecular formula is C16H27N3. The molecule has 3 nitrogen and oxygen atoms in total. The van der Waals surface area contributed by atoms with Gasteiger partial charge >= 0.3 is 0 Å². The van der Waals surface area contributed by atoms with E-state index in [1.165, 1.54) is 44.3 Å². The Bertz CT molecular complexity index is 359. The Labute approximate surface area is 117 Å². The Morgan fingerprint density at radius 2 is 2.16 bits per heavy atom. The van der Waals surface area contributed by atoms with E-state index < -0.39 is 0 Å². The van der Waals surface area contributed by atoms with E-state index in [1.807, 2.05) is 0 Å². The molecule has 0 unspecified atom stereocenters. The second-order valence-corrected chi connectivity index (χ2v) is 5.45. The summed E-state index contributed by atoms with van der Waals surface area (Å²) >= 11 is 0. The van der Waals surface area contributed by atoms with Gasteiger partial charge in [0.1, 0.15) is 5.82 Å². The third-order valence-electron chi connectivity index (χ3n) is 3.85. The van der Waals surface area contributed by atoms with Crippen molar-refractivity contribution in [1.82, 2.24) is 9.88 Å². The summed E-state index contributed by atoms with van der Waals surface area (Å²) in [5, 5.41) is 3.34. The van der Waals surface area contributed by atoms with Crippen molar-refractivity contribution in [1.29, 1.82) is 0 Å². The number of pyridine rings is 1. The summed E-state index contributed by atoms with van der Waals surface area (Å²) < 4.78 is 0. The van der Waals surface area contributed by atoms with Crippen LogP contribution >= 0.6 is 0 Å². The average Bonchev–Trinajstić information content (AvgIpc) is 2.47. The van der Waals surface area contributed by atoms with Crippen LogP contribution in [0.1, 0.15) is 57.6 Å². The maximum atomic E-state index is 4.55. The van der Waals surface area contributed by atoms with E-state index >= 15 is 0 Å². The highest BCUT2D eigenvalue weighted by Crippen LogP contribution is 2.30. The van der Waals surface area contributed by atoms with Gasteiger partial charge in [-0.05, 0) is 50.4 Å². The zero-order chi connectivity index (χ0) is 13.5. The van der Waals surface area contributed by atoms with Crippen molar-refractivity contribution in [3.8, 4) is 0 Å². The zero-order valence-electron chi connectivity index (χ0n) is 12.4. The van der Waals surface area contributed by atoms with Gasteiger partial charge < -0.3 is 5.32 Å². The molecule has 0 radical (unpaired) electrons. The van der Waals surface area contributed by atoms with Gasteiger partial charge in [0.25, 0.3) is 0 Å². The van der Waals surface area contributed by atoms with Crippen molar-refractivity contribution in [3.63, 3.8) is 0 Å². The predicted octanol–water partition coefficient (Wildman–Crippen LogP) is 3.84. The minimum atomic E-state index is 0.585. The second-order valence-electron chi connectivity index (χ2n) is 5.45. The molecule has 0 aliphatic carbocycles. The number of piperidine rings is 1. The first kappa shape index (κ1) is 14.3. The lowest BCUT2D eigenvalue weighted by Crippen LogP contribution is -2.34. The summed E-state index contributed by atoms with van der Waals surface area (Å²) in [6.45, 7) is 7.89. The predicted molar refractivity (Wildman–Crippen MR) is 81.5 cm³/mol. The molecule has 2 rings (SSSR count). The number of hydrogen-bond acceptors (Lipinski definition) is 3. The van der Waals surface area contributed by atoms with Crippen LogP contribution in [0.4, 0.5) is 5.82 Å². The molecule has 0 saturated carbocycles. The summed E-state index contributed by atoms with van der Waals surface area (Å²) in [5.74, 6) is 1.00. The smallest absolute Gasteiger partial charge is 0.125 e. The fourth-order valence-electron chi connectivity index (χ4n) is 2.88. The van der Waals surface area contributed by atoms with Gasteiger partial charge in [0.2, 0.25) is 0 Å². The Balaban J connectivity index is 2.02. The molecule has 0 bridgehead atoms. The molecule has 0 aromatic carbocycles. The molecule has 1 aliphatic heterocycles. The molecule has 1 saturated heterocycles. The Morgan fingerprint density at radius 1 is 1.26 bits per heavy atom. The van der Waals surface area contributed by atoms with Crippen LogP contribution in [0, 0.1) is 0 Å². The molecule has 1 atom stereocenters. The standard InChI is InChI=1S/C16H27N3/c1-3-10-17-16-9-8-14(13-18-16)15-7-5-6-12-19(15)11-4-2/h8-9,13,15H,3-7,10-12H2,1-2H3,(H,17,18)/t15-/m0/s1. The van der Waals surface area contributed by atoms with Gasteiger partial charge in [-0.15, -0.1) is 0 Å². The van der Waals surface area contributed by atoms with Crippen molar-refractivity contribution in [3.05, 3.63) is 23.9 Å². The third kappa shape index (κ3) is 3.93. The normalized spacial score (nSPS) is 20.4. The fourth-order valence-corrected chi connectivity index (χ4v) is 2.88. The number of nitrogens with zero attached hydrogens (tertiary/aromatic N) is 2. The van der Waals surface area contributed by atoms with Crippen LogP contribution in [0.15, 0.2) is 18.3 Å². The van der Waals surface area contributed by atoms with E-state index in [9.17, 15) is 0 Å². The van der Waals surface area contributed by atoms with E-state index in [0.29, 0.717) is 6.04 Å². The number of rotatable bonds is 6. The Kier molecular flexibility index (Phi) is 5.64. The minimum absolute atomic E-state index is 0.585. The number of hydrogen-bond donors (Lipinski definition) is 1. The first-order chi connectivity index (χ1) is 9.35. The van der Waals surface area contributed by atoms with Gasteiger partial charge in [-0.25, -0.2) is 4.98 Å². The Morgan fingerprint density at radius 3 is 2.84 bits per heavy atom. The third-order valence-corrected chi connectivity index (χ3v) is 3.85. The summed E-state index contributed by atoms with van der Waals surface area (Å²) in [7, 11) is 0. The largest absolute Gasteiger partial charge is 0.370 e. The fraction of sp³-hybridized carbons (Fsp3) is 0.688. The molecule has 3 heteroatoms. The van der Waals surface area contributed by atoms with Gasteiger partial charge in [-0.2, -0.15) is 0 Å². The highest BCUT2D eigenvalue weighted by Gasteiger charge is 2.23. The van der Waals surface area contributed by atoms with Crippen LogP contribution in [-0.4, -0.2) is 29.5 Å². The molecule has 106 valence electrons. The summed E-state index contributed by atoms with van der Waals surface area (Å²) in [6.07, 6.45) is 8.41. The quantitative estimate of drug-likeness (QED) is 0.843. The van der Waals surface area contributed by atoms with Crippen LogP contribution < -0.4 is 5.32 Å². The van der Waals surface area contributed by atoms with E-state index in [0.717, 1.165) is 18.8 Å². The monoisotopic (exact) mass is 261 g/mol. The van der Waals surface area contributed by atoms with Crippen LogP contribution in [0.3, 0.4) is 0 Å². The molecule has 2 heterocycles. The van der Waals surface area contributed by atoms with Crippen molar-refractivity contribution >= 4 is 5.82 Å². The van der Waals surface area contributed by atoms with Crippen molar-refractivity contribution in [2.45, 2.75) is 52.0 Å². The lowest BCUT2D eigenvalue weighted by atomic mass is 9.96. The molecule has 19 heavy (non-hydrogen) atoms. The van der Waals surface area contributed by atoms with Gasteiger partial charge in [0.15, 0.2) is 0 Å². The first-order valence-electron chi connectivity index (χ1n) is 7.79. The average molecular weight is 261 g/mol. The summed E-state index contributed by atoms with van der Waals surface area (Å²) in [6, 6.07) is 4.97. The highest BCUT2D eigenvalue weighted by molar-refractivity contribution is 5.36. The van der Waals surface area contributed by atoms with Crippen LogP contribution in [0.5, 0.6) is 0 Å². The number of nitrogens with one attached hydrogen (secondary N) is 1. The van der Waals surface area contributed by atoms with E-state index in [-0.39, 0.29) is 0 Å². The van der Waals surface area contributed by atoms with E-state index in [1.54, 1.807) is 0 Å².